The first-order valence-electron chi connectivity index (χ1n) is 10.2. The van der Waals surface area contributed by atoms with E-state index < -0.39 is 34.6 Å². The van der Waals surface area contributed by atoms with Crippen LogP contribution in [0.15, 0.2) is 42.5 Å². The first-order valence-corrected chi connectivity index (χ1v) is 10.2. The van der Waals surface area contributed by atoms with Crippen molar-refractivity contribution in [3.63, 3.8) is 0 Å². The third kappa shape index (κ3) is 4.12. The number of fused-ring (bicyclic) bond motifs is 1. The fourth-order valence-corrected chi connectivity index (χ4v) is 3.52. The van der Waals surface area contributed by atoms with Crippen LogP contribution in [0.25, 0.3) is 11.4 Å². The Bertz CT molecular complexity index is 1230. The number of rotatable bonds is 6. The number of anilines is 2. The molecule has 1 aromatic heterocycles. The van der Waals surface area contributed by atoms with Crippen molar-refractivity contribution in [3.8, 4) is 11.4 Å². The Morgan fingerprint density at radius 3 is 2.42 bits per heavy atom. The molecule has 0 saturated heterocycles. The van der Waals surface area contributed by atoms with Gasteiger partial charge in [0.2, 0.25) is 0 Å². The number of carbonyl (C=O) groups excluding carboxylic acids is 2. The fourth-order valence-electron chi connectivity index (χ4n) is 3.52. The van der Waals surface area contributed by atoms with Crippen LogP contribution >= 0.6 is 0 Å². The van der Waals surface area contributed by atoms with Crippen molar-refractivity contribution in [2.45, 2.75) is 26.0 Å². The van der Waals surface area contributed by atoms with Gasteiger partial charge in [-0.25, -0.2) is 18.7 Å². The minimum Gasteiger partial charge on any atom is -0.376 e. The Labute approximate surface area is 188 Å². The molecule has 0 spiro atoms. The number of carbonyl (C=O) groups is 2. The van der Waals surface area contributed by atoms with Crippen LogP contribution < -0.4 is 16.0 Å². The lowest BCUT2D eigenvalue weighted by atomic mass is 9.95. The summed E-state index contributed by atoms with van der Waals surface area (Å²) in [6.45, 7) is 3.61. The molecule has 4 rings (SSSR count). The van der Waals surface area contributed by atoms with E-state index in [9.17, 15) is 23.5 Å². The molecule has 3 aromatic rings. The Balaban J connectivity index is 1.71. The highest BCUT2D eigenvalue weighted by Gasteiger charge is 2.32. The molecule has 1 aliphatic rings. The van der Waals surface area contributed by atoms with Crippen molar-refractivity contribution in [3.05, 3.63) is 70.9 Å². The summed E-state index contributed by atoms with van der Waals surface area (Å²) in [5.74, 6) is -2.71. The second-order valence-electron chi connectivity index (χ2n) is 7.63. The van der Waals surface area contributed by atoms with Crippen molar-refractivity contribution in [1.29, 1.82) is 0 Å². The average molecular weight is 453 g/mol. The first kappa shape index (κ1) is 22.3. The molecule has 0 saturated carbocycles. The van der Waals surface area contributed by atoms with Crippen LogP contribution in [-0.4, -0.2) is 33.4 Å². The van der Waals surface area contributed by atoms with Crippen LogP contribution in [0.3, 0.4) is 0 Å². The zero-order valence-corrected chi connectivity index (χ0v) is 17.9. The quantitative estimate of drug-likeness (QED) is 0.456. The van der Waals surface area contributed by atoms with Crippen LogP contribution in [0.5, 0.6) is 0 Å². The normalized spacial score (nSPS) is 14.3. The molecule has 0 bridgehead atoms. The van der Waals surface area contributed by atoms with E-state index in [0.29, 0.717) is 23.5 Å². The highest BCUT2D eigenvalue weighted by atomic mass is 19.1. The third-order valence-corrected chi connectivity index (χ3v) is 5.30. The van der Waals surface area contributed by atoms with Crippen molar-refractivity contribution in [2.75, 3.05) is 11.9 Å². The molecule has 1 atom stereocenters. The molecular weight excluding hydrogens is 432 g/mol. The van der Waals surface area contributed by atoms with Gasteiger partial charge in [0.15, 0.2) is 11.4 Å². The lowest BCUT2D eigenvalue weighted by molar-refractivity contribution is -0.138. The zero-order chi connectivity index (χ0) is 23.8. The molecule has 2 amide bonds. The summed E-state index contributed by atoms with van der Waals surface area (Å²) in [4.78, 5) is 32.9. The van der Waals surface area contributed by atoms with E-state index in [1.54, 1.807) is 31.2 Å². The van der Waals surface area contributed by atoms with E-state index in [4.69, 9.17) is 0 Å². The van der Waals surface area contributed by atoms with Crippen LogP contribution in [0, 0.1) is 11.6 Å². The first-order chi connectivity index (χ1) is 15.7. The number of benzene rings is 2. The molecule has 1 aliphatic heterocycles. The number of hydrogen-bond acceptors (Lipinski definition) is 6. The predicted octanol–water partition coefficient (Wildman–Crippen LogP) is 2.75. The monoisotopic (exact) mass is 453 g/mol. The molecule has 0 fully saturated rings. The van der Waals surface area contributed by atoms with Gasteiger partial charge in [-0.2, -0.15) is 0 Å². The van der Waals surface area contributed by atoms with Gasteiger partial charge < -0.3 is 21.1 Å². The second-order valence-corrected chi connectivity index (χ2v) is 7.63. The summed E-state index contributed by atoms with van der Waals surface area (Å²) in [6, 6.07) is 9.73. The number of amides is 2. The maximum absolute atomic E-state index is 14.3. The van der Waals surface area contributed by atoms with Crippen LogP contribution in [0.1, 0.15) is 35.5 Å². The average Bonchev–Trinajstić information content (AvgIpc) is 3.15. The molecule has 170 valence electrons. The van der Waals surface area contributed by atoms with Gasteiger partial charge in [0.1, 0.15) is 23.0 Å². The summed E-state index contributed by atoms with van der Waals surface area (Å²) in [5.41, 5.74) is -0.805. The second kappa shape index (κ2) is 8.55. The summed E-state index contributed by atoms with van der Waals surface area (Å²) in [7, 11) is 0. The molecule has 2 aromatic carbocycles. The van der Waals surface area contributed by atoms with Crippen LogP contribution in [0.2, 0.25) is 0 Å². The number of aliphatic hydroxyl groups is 1. The van der Waals surface area contributed by atoms with Gasteiger partial charge in [0.05, 0.1) is 17.8 Å². The van der Waals surface area contributed by atoms with E-state index in [-0.39, 0.29) is 23.8 Å². The smallest absolute Gasteiger partial charge is 0.257 e. The fraction of sp³-hybridized carbons (Fsp3) is 0.217. The molecule has 0 aliphatic carbocycles. The van der Waals surface area contributed by atoms with E-state index in [0.717, 1.165) is 12.1 Å². The summed E-state index contributed by atoms with van der Waals surface area (Å²) < 4.78 is 28.6. The van der Waals surface area contributed by atoms with Gasteiger partial charge in [-0.05, 0) is 43.7 Å². The zero-order valence-electron chi connectivity index (χ0n) is 17.9. The molecule has 0 radical (unpaired) electrons. The SMILES string of the molecule is CCNC(=O)[C@](C)(O)c1ccc(Nc2nc(-c3c(F)cccc3F)nc3c2C(=O)NC3)cc1. The number of hydrogen-bond donors (Lipinski definition) is 4. The van der Waals surface area contributed by atoms with Gasteiger partial charge >= 0.3 is 0 Å². The van der Waals surface area contributed by atoms with Crippen LogP contribution in [0.4, 0.5) is 20.3 Å². The number of likely N-dealkylation sites (N-methyl/N-ethyl adjacent to an activating group) is 1. The summed E-state index contributed by atoms with van der Waals surface area (Å²) in [6.07, 6.45) is 0. The lowest BCUT2D eigenvalue weighted by Crippen LogP contribution is -2.42. The Kier molecular flexibility index (Phi) is 5.77. The van der Waals surface area contributed by atoms with Gasteiger partial charge in [-0.15, -0.1) is 0 Å². The standard InChI is InChI=1S/C23H21F2N5O3/c1-3-26-22(32)23(2,33)12-7-9-13(10-8-12)28-20-18-16(11-27-21(18)31)29-19(30-20)17-14(24)5-4-6-15(17)25/h4-10,33H,3,11H2,1-2H3,(H,26,32)(H,27,31)(H,28,29,30)/t23-/m1/s1. The van der Waals surface area contributed by atoms with Crippen molar-refractivity contribution in [2.24, 2.45) is 0 Å². The largest absolute Gasteiger partial charge is 0.376 e. The molecule has 2 heterocycles. The Hall–Kier alpha value is -3.92. The predicted molar refractivity (Wildman–Crippen MR) is 117 cm³/mol. The van der Waals surface area contributed by atoms with Gasteiger partial charge in [-0.1, -0.05) is 18.2 Å². The summed E-state index contributed by atoms with van der Waals surface area (Å²) in [5, 5.41) is 18.7. The molecular formula is C23H21F2N5O3. The van der Waals surface area contributed by atoms with E-state index in [2.05, 4.69) is 25.9 Å². The van der Waals surface area contributed by atoms with Gasteiger partial charge in [-0.3, -0.25) is 9.59 Å². The molecule has 0 unspecified atom stereocenters. The summed E-state index contributed by atoms with van der Waals surface area (Å²) >= 11 is 0. The number of nitrogens with zero attached hydrogens (tertiary/aromatic N) is 2. The highest BCUT2D eigenvalue weighted by molar-refractivity contribution is 6.03. The molecule has 10 heteroatoms. The van der Waals surface area contributed by atoms with Crippen molar-refractivity contribution >= 4 is 23.3 Å². The lowest BCUT2D eigenvalue weighted by Gasteiger charge is -2.22. The number of nitrogens with one attached hydrogen (secondary N) is 3. The van der Waals surface area contributed by atoms with Crippen LogP contribution in [-0.2, 0) is 16.9 Å². The van der Waals surface area contributed by atoms with E-state index >= 15 is 0 Å². The number of halogens is 2. The maximum Gasteiger partial charge on any atom is 0.257 e. The van der Waals surface area contributed by atoms with E-state index in [1.807, 2.05) is 0 Å². The maximum atomic E-state index is 14.3. The molecule has 33 heavy (non-hydrogen) atoms. The number of aromatic nitrogens is 2. The highest BCUT2D eigenvalue weighted by Crippen LogP contribution is 2.31. The van der Waals surface area contributed by atoms with Gasteiger partial charge in [0, 0.05) is 12.2 Å². The molecule has 8 nitrogen and oxygen atoms in total. The minimum absolute atomic E-state index is 0.0795. The van der Waals surface area contributed by atoms with E-state index in [1.165, 1.54) is 13.0 Å². The minimum atomic E-state index is -1.74. The topological polar surface area (TPSA) is 116 Å². The van der Waals surface area contributed by atoms with Crippen molar-refractivity contribution in [1.82, 2.24) is 20.6 Å². The Morgan fingerprint density at radius 1 is 1.12 bits per heavy atom. The van der Waals surface area contributed by atoms with Crippen molar-refractivity contribution < 1.29 is 23.5 Å². The van der Waals surface area contributed by atoms with Gasteiger partial charge in [0.25, 0.3) is 11.8 Å². The Morgan fingerprint density at radius 2 is 1.79 bits per heavy atom. The third-order valence-electron chi connectivity index (χ3n) is 5.30. The molecule has 4 N–H and O–H groups in total.